The Morgan fingerprint density at radius 1 is 1.50 bits per heavy atom. The van der Waals surface area contributed by atoms with Crippen molar-refractivity contribution in [1.82, 2.24) is 0 Å². The number of Topliss-reactive ketones (excluding diaryl/α,β-unsaturated/α-hetero) is 1. The largest absolute Gasteiger partial charge is 0.294 e. The van der Waals surface area contributed by atoms with Crippen molar-refractivity contribution in [2.24, 2.45) is 0 Å². The van der Waals surface area contributed by atoms with Crippen LogP contribution in [0.25, 0.3) is 0 Å². The van der Waals surface area contributed by atoms with Crippen LogP contribution in [-0.2, 0) is 5.88 Å². The molecule has 0 aromatic heterocycles. The molecule has 0 atom stereocenters. The van der Waals surface area contributed by atoms with Crippen LogP contribution in [0.4, 0.5) is 5.69 Å². The maximum Gasteiger partial charge on any atom is 0.274 e. The van der Waals surface area contributed by atoms with Gasteiger partial charge in [0.2, 0.25) is 0 Å². The van der Waals surface area contributed by atoms with Gasteiger partial charge in [0.1, 0.15) is 0 Å². The van der Waals surface area contributed by atoms with Gasteiger partial charge in [-0.15, -0.1) is 11.6 Å². The third-order valence-electron chi connectivity index (χ3n) is 2.26. The summed E-state index contributed by atoms with van der Waals surface area (Å²) >= 11 is 5.67. The van der Waals surface area contributed by atoms with E-state index in [0.29, 0.717) is 24.0 Å². The van der Waals surface area contributed by atoms with Gasteiger partial charge in [-0.05, 0) is 6.42 Å². The molecule has 0 radical (unpaired) electrons. The molecule has 0 unspecified atom stereocenters. The fourth-order valence-corrected chi connectivity index (χ4v) is 1.79. The molecule has 5 heteroatoms. The Bertz CT molecular complexity index is 418. The number of ketones is 1. The van der Waals surface area contributed by atoms with Crippen molar-refractivity contribution in [3.8, 4) is 0 Å². The quantitative estimate of drug-likeness (QED) is 0.344. The summed E-state index contributed by atoms with van der Waals surface area (Å²) in [6, 6.07) is 4.46. The second-order valence-electron chi connectivity index (χ2n) is 3.37. The second-order valence-corrected chi connectivity index (χ2v) is 3.63. The van der Waals surface area contributed by atoms with Crippen molar-refractivity contribution < 1.29 is 9.72 Å². The van der Waals surface area contributed by atoms with Gasteiger partial charge in [-0.3, -0.25) is 14.9 Å². The zero-order chi connectivity index (χ0) is 12.1. The number of hydrogen-bond donors (Lipinski definition) is 0. The molecule has 0 saturated heterocycles. The summed E-state index contributed by atoms with van der Waals surface area (Å²) < 4.78 is 0. The van der Waals surface area contributed by atoms with Crippen LogP contribution in [0.15, 0.2) is 18.2 Å². The molecule has 1 aromatic rings. The summed E-state index contributed by atoms with van der Waals surface area (Å²) in [7, 11) is 0. The molecule has 0 N–H and O–H groups in total. The number of rotatable bonds is 5. The Balaban J connectivity index is 3.24. The maximum absolute atomic E-state index is 11.7. The van der Waals surface area contributed by atoms with Gasteiger partial charge in [-0.2, -0.15) is 0 Å². The third-order valence-corrected chi connectivity index (χ3v) is 2.53. The first-order chi connectivity index (χ1) is 7.61. The van der Waals surface area contributed by atoms with Gasteiger partial charge in [0.15, 0.2) is 5.78 Å². The van der Waals surface area contributed by atoms with Crippen LogP contribution in [0.3, 0.4) is 0 Å². The predicted octanol–water partition coefficient (Wildman–Crippen LogP) is 3.32. The fourth-order valence-electron chi connectivity index (χ4n) is 1.51. The fraction of sp³-hybridized carbons (Fsp3) is 0.364. The molecule has 0 fully saturated rings. The lowest BCUT2D eigenvalue weighted by Crippen LogP contribution is -2.05. The first-order valence-electron chi connectivity index (χ1n) is 4.97. The predicted molar refractivity (Wildman–Crippen MR) is 61.9 cm³/mol. The molecule has 86 valence electrons. The Labute approximate surface area is 98.4 Å². The van der Waals surface area contributed by atoms with E-state index in [0.717, 1.165) is 0 Å². The Kier molecular flexibility index (Phi) is 4.43. The number of carbonyl (C=O) groups excluding carboxylic acids is 1. The highest BCUT2D eigenvalue weighted by Gasteiger charge is 2.19. The van der Waals surface area contributed by atoms with Gasteiger partial charge >= 0.3 is 0 Å². The number of alkyl halides is 1. The van der Waals surface area contributed by atoms with Gasteiger partial charge in [0.25, 0.3) is 5.69 Å². The summed E-state index contributed by atoms with van der Waals surface area (Å²) in [5, 5.41) is 10.7. The van der Waals surface area contributed by atoms with Gasteiger partial charge in [-0.1, -0.05) is 19.1 Å². The van der Waals surface area contributed by atoms with E-state index in [-0.39, 0.29) is 17.4 Å². The number of halogens is 1. The molecule has 1 aromatic carbocycles. The van der Waals surface area contributed by atoms with E-state index < -0.39 is 4.92 Å². The van der Waals surface area contributed by atoms with Crippen molar-refractivity contribution >= 4 is 23.1 Å². The molecule has 0 aliphatic heterocycles. The number of nitrogens with zero attached hydrogens (tertiary/aromatic N) is 1. The highest BCUT2D eigenvalue weighted by molar-refractivity contribution is 6.18. The standard InChI is InChI=1S/C11H12ClNO3/c1-2-4-11(14)8-5-3-6-10(13(15)16)9(8)7-12/h3,5-6H,2,4,7H2,1H3. The normalized spacial score (nSPS) is 10.1. The summed E-state index contributed by atoms with van der Waals surface area (Å²) in [5.41, 5.74) is 0.593. The van der Waals surface area contributed by atoms with E-state index in [9.17, 15) is 14.9 Å². The molecular formula is C11H12ClNO3. The van der Waals surface area contributed by atoms with Crippen molar-refractivity contribution in [3.63, 3.8) is 0 Å². The highest BCUT2D eigenvalue weighted by Crippen LogP contribution is 2.25. The lowest BCUT2D eigenvalue weighted by Gasteiger charge is -2.05. The zero-order valence-electron chi connectivity index (χ0n) is 8.90. The van der Waals surface area contributed by atoms with Crippen LogP contribution in [0, 0.1) is 10.1 Å². The molecule has 0 amide bonds. The van der Waals surface area contributed by atoms with E-state index in [4.69, 9.17) is 11.6 Å². The van der Waals surface area contributed by atoms with Gasteiger partial charge in [0.05, 0.1) is 16.4 Å². The van der Waals surface area contributed by atoms with Gasteiger partial charge < -0.3 is 0 Å². The number of hydrogen-bond acceptors (Lipinski definition) is 3. The average molecular weight is 242 g/mol. The van der Waals surface area contributed by atoms with E-state index in [1.807, 2.05) is 6.92 Å². The summed E-state index contributed by atoms with van der Waals surface area (Å²) in [6.45, 7) is 1.88. The maximum atomic E-state index is 11.7. The molecular weight excluding hydrogens is 230 g/mol. The monoisotopic (exact) mass is 241 g/mol. The molecule has 16 heavy (non-hydrogen) atoms. The Morgan fingerprint density at radius 3 is 2.69 bits per heavy atom. The van der Waals surface area contributed by atoms with Crippen LogP contribution < -0.4 is 0 Å². The molecule has 4 nitrogen and oxygen atoms in total. The Hall–Kier alpha value is -1.42. The van der Waals surface area contributed by atoms with Crippen LogP contribution >= 0.6 is 11.6 Å². The van der Waals surface area contributed by atoms with Gasteiger partial charge in [-0.25, -0.2) is 0 Å². The van der Waals surface area contributed by atoms with E-state index >= 15 is 0 Å². The van der Waals surface area contributed by atoms with E-state index in [1.165, 1.54) is 12.1 Å². The number of carbonyl (C=O) groups is 1. The molecule has 0 heterocycles. The van der Waals surface area contributed by atoms with E-state index in [2.05, 4.69) is 0 Å². The van der Waals surface area contributed by atoms with Crippen LogP contribution in [0.5, 0.6) is 0 Å². The first kappa shape index (κ1) is 12.6. The highest BCUT2D eigenvalue weighted by atomic mass is 35.5. The first-order valence-corrected chi connectivity index (χ1v) is 5.50. The second kappa shape index (κ2) is 5.61. The van der Waals surface area contributed by atoms with Crippen molar-refractivity contribution in [3.05, 3.63) is 39.4 Å². The minimum absolute atomic E-state index is 0.0259. The summed E-state index contributed by atoms with van der Waals surface area (Å²) in [5.74, 6) is -0.121. The van der Waals surface area contributed by atoms with Crippen molar-refractivity contribution in [1.29, 1.82) is 0 Å². The number of nitro benzene ring substituents is 1. The lowest BCUT2D eigenvalue weighted by atomic mass is 10.0. The van der Waals surface area contributed by atoms with E-state index in [1.54, 1.807) is 6.07 Å². The third kappa shape index (κ3) is 2.58. The Morgan fingerprint density at radius 2 is 2.19 bits per heavy atom. The lowest BCUT2D eigenvalue weighted by molar-refractivity contribution is -0.385. The average Bonchev–Trinajstić information content (AvgIpc) is 2.28. The number of nitro groups is 1. The summed E-state index contributed by atoms with van der Waals surface area (Å²) in [6.07, 6.45) is 1.09. The van der Waals surface area contributed by atoms with Crippen LogP contribution in [0.2, 0.25) is 0 Å². The molecule has 0 bridgehead atoms. The SMILES string of the molecule is CCCC(=O)c1cccc([N+](=O)[O-])c1CCl. The molecule has 0 spiro atoms. The zero-order valence-corrected chi connectivity index (χ0v) is 9.66. The molecule has 0 aliphatic rings. The summed E-state index contributed by atoms with van der Waals surface area (Å²) in [4.78, 5) is 22.0. The van der Waals surface area contributed by atoms with Crippen molar-refractivity contribution in [2.45, 2.75) is 25.6 Å². The minimum atomic E-state index is -0.513. The van der Waals surface area contributed by atoms with Crippen LogP contribution in [-0.4, -0.2) is 10.7 Å². The molecule has 1 rings (SSSR count). The number of benzene rings is 1. The molecule has 0 saturated carbocycles. The van der Waals surface area contributed by atoms with Crippen LogP contribution in [0.1, 0.15) is 35.7 Å². The molecule has 0 aliphatic carbocycles. The van der Waals surface area contributed by atoms with Gasteiger partial charge in [0, 0.05) is 18.1 Å². The van der Waals surface area contributed by atoms with Crippen molar-refractivity contribution in [2.75, 3.05) is 0 Å². The minimum Gasteiger partial charge on any atom is -0.294 e. The smallest absolute Gasteiger partial charge is 0.274 e. The topological polar surface area (TPSA) is 60.2 Å².